The third-order valence-corrected chi connectivity index (χ3v) is 5.27. The van der Waals surface area contributed by atoms with Gasteiger partial charge in [0.05, 0.1) is 10.6 Å². The molecule has 0 amide bonds. The molecule has 0 aliphatic carbocycles. The van der Waals surface area contributed by atoms with Crippen LogP contribution in [-0.2, 0) is 9.84 Å². The monoisotopic (exact) mass is 313 g/mol. The van der Waals surface area contributed by atoms with Gasteiger partial charge in [-0.3, -0.25) is 0 Å². The molecule has 21 heavy (non-hydrogen) atoms. The van der Waals surface area contributed by atoms with Crippen LogP contribution >= 0.6 is 0 Å². The standard InChI is InChI=1S/C15H23NO4S/c1-3-16-12(2)5-4-10-21(17,18)13-6-7-14-15(11-13)20-9-8-19-14/h6-7,11-12,16H,3-5,8-10H2,1-2H3. The van der Waals surface area contributed by atoms with Crippen molar-refractivity contribution in [2.24, 2.45) is 0 Å². The summed E-state index contributed by atoms with van der Waals surface area (Å²) in [6, 6.07) is 5.17. The zero-order valence-electron chi connectivity index (χ0n) is 12.6. The van der Waals surface area contributed by atoms with E-state index >= 15 is 0 Å². The largest absolute Gasteiger partial charge is 0.486 e. The molecule has 2 rings (SSSR count). The first-order valence-corrected chi connectivity index (χ1v) is 9.04. The van der Waals surface area contributed by atoms with E-state index in [-0.39, 0.29) is 5.75 Å². The van der Waals surface area contributed by atoms with Crippen molar-refractivity contribution in [3.8, 4) is 11.5 Å². The predicted molar refractivity (Wildman–Crippen MR) is 81.9 cm³/mol. The number of rotatable bonds is 7. The molecule has 0 spiro atoms. The van der Waals surface area contributed by atoms with Crippen molar-refractivity contribution in [3.05, 3.63) is 18.2 Å². The van der Waals surface area contributed by atoms with Gasteiger partial charge in [0, 0.05) is 12.1 Å². The van der Waals surface area contributed by atoms with Crippen LogP contribution in [0.1, 0.15) is 26.7 Å². The first kappa shape index (κ1) is 16.1. The lowest BCUT2D eigenvalue weighted by Crippen LogP contribution is -2.26. The van der Waals surface area contributed by atoms with Crippen LogP contribution in [0.4, 0.5) is 0 Å². The zero-order valence-corrected chi connectivity index (χ0v) is 13.4. The Morgan fingerprint density at radius 3 is 2.67 bits per heavy atom. The molecule has 5 nitrogen and oxygen atoms in total. The molecule has 0 aromatic heterocycles. The van der Waals surface area contributed by atoms with Gasteiger partial charge in [0.2, 0.25) is 0 Å². The van der Waals surface area contributed by atoms with Gasteiger partial charge in [-0.15, -0.1) is 0 Å². The summed E-state index contributed by atoms with van der Waals surface area (Å²) in [6.45, 7) is 5.97. The van der Waals surface area contributed by atoms with Crippen molar-refractivity contribution >= 4 is 9.84 Å². The van der Waals surface area contributed by atoms with Crippen LogP contribution in [0.25, 0.3) is 0 Å². The van der Waals surface area contributed by atoms with Gasteiger partial charge in [-0.2, -0.15) is 0 Å². The van der Waals surface area contributed by atoms with Crippen LogP contribution in [0.2, 0.25) is 0 Å². The molecule has 118 valence electrons. The van der Waals surface area contributed by atoms with E-state index in [2.05, 4.69) is 12.2 Å². The van der Waals surface area contributed by atoms with Crippen molar-refractivity contribution in [3.63, 3.8) is 0 Å². The van der Waals surface area contributed by atoms with E-state index in [4.69, 9.17) is 9.47 Å². The fourth-order valence-electron chi connectivity index (χ4n) is 2.37. The summed E-state index contributed by atoms with van der Waals surface area (Å²) >= 11 is 0. The van der Waals surface area contributed by atoms with Gasteiger partial charge in [-0.1, -0.05) is 6.92 Å². The minimum Gasteiger partial charge on any atom is -0.486 e. The lowest BCUT2D eigenvalue weighted by atomic mass is 10.2. The molecule has 1 atom stereocenters. The molecule has 1 aliphatic heterocycles. The maximum atomic E-state index is 12.3. The molecule has 1 heterocycles. The Bertz CT molecular complexity index is 571. The van der Waals surface area contributed by atoms with Crippen molar-refractivity contribution in [1.82, 2.24) is 5.32 Å². The maximum absolute atomic E-state index is 12.3. The van der Waals surface area contributed by atoms with E-state index in [9.17, 15) is 8.42 Å². The maximum Gasteiger partial charge on any atom is 0.178 e. The Hall–Kier alpha value is -1.27. The second kappa shape index (κ2) is 7.13. The van der Waals surface area contributed by atoms with Gasteiger partial charge in [0.15, 0.2) is 21.3 Å². The highest BCUT2D eigenvalue weighted by atomic mass is 32.2. The number of hydrogen-bond acceptors (Lipinski definition) is 5. The number of nitrogens with one attached hydrogen (secondary N) is 1. The highest BCUT2D eigenvalue weighted by Crippen LogP contribution is 2.32. The molecule has 0 saturated heterocycles. The van der Waals surface area contributed by atoms with Crippen LogP contribution in [0.3, 0.4) is 0 Å². The summed E-state index contributed by atoms with van der Waals surface area (Å²) in [7, 11) is -3.27. The molecular weight excluding hydrogens is 290 g/mol. The predicted octanol–water partition coefficient (Wildman–Crippen LogP) is 2.01. The molecule has 1 aromatic rings. The van der Waals surface area contributed by atoms with Gasteiger partial charge in [0.25, 0.3) is 0 Å². The molecule has 1 aliphatic rings. The number of benzene rings is 1. The molecule has 1 aromatic carbocycles. The normalized spacial score (nSPS) is 15.7. The highest BCUT2D eigenvalue weighted by Gasteiger charge is 2.19. The Balaban J connectivity index is 1.99. The average molecular weight is 313 g/mol. The number of sulfone groups is 1. The van der Waals surface area contributed by atoms with Crippen molar-refractivity contribution in [2.45, 2.75) is 37.6 Å². The zero-order chi connectivity index (χ0) is 15.3. The number of ether oxygens (including phenoxy) is 2. The lowest BCUT2D eigenvalue weighted by Gasteiger charge is -2.19. The van der Waals surface area contributed by atoms with E-state index in [1.54, 1.807) is 18.2 Å². The number of hydrogen-bond donors (Lipinski definition) is 1. The van der Waals surface area contributed by atoms with Crippen molar-refractivity contribution in [1.29, 1.82) is 0 Å². The van der Waals surface area contributed by atoms with E-state index in [1.165, 1.54) is 0 Å². The molecule has 0 bridgehead atoms. The third kappa shape index (κ3) is 4.35. The van der Waals surface area contributed by atoms with Crippen LogP contribution in [-0.4, -0.2) is 40.0 Å². The smallest absolute Gasteiger partial charge is 0.178 e. The van der Waals surface area contributed by atoms with E-state index in [0.717, 1.165) is 13.0 Å². The fourth-order valence-corrected chi connectivity index (χ4v) is 3.71. The van der Waals surface area contributed by atoms with E-state index in [0.29, 0.717) is 42.1 Å². The quantitative estimate of drug-likeness (QED) is 0.834. The topological polar surface area (TPSA) is 64.6 Å². The molecule has 0 fully saturated rings. The summed E-state index contributed by atoms with van der Waals surface area (Å²) in [6.07, 6.45) is 1.49. The Labute approximate surface area is 126 Å². The summed E-state index contributed by atoms with van der Waals surface area (Å²) in [4.78, 5) is 0.308. The van der Waals surface area contributed by atoms with Crippen LogP contribution in [0.5, 0.6) is 11.5 Å². The number of fused-ring (bicyclic) bond motifs is 1. The average Bonchev–Trinajstić information content (AvgIpc) is 2.47. The first-order chi connectivity index (χ1) is 10.0. The van der Waals surface area contributed by atoms with Crippen molar-refractivity contribution < 1.29 is 17.9 Å². The molecule has 6 heteroatoms. The van der Waals surface area contributed by atoms with Crippen LogP contribution < -0.4 is 14.8 Å². The highest BCUT2D eigenvalue weighted by molar-refractivity contribution is 7.91. The molecular formula is C15H23NO4S. The summed E-state index contributed by atoms with van der Waals surface area (Å²) in [5, 5.41) is 3.28. The van der Waals surface area contributed by atoms with Crippen LogP contribution in [0, 0.1) is 0 Å². The summed E-state index contributed by atoms with van der Waals surface area (Å²) < 4.78 is 35.5. The summed E-state index contributed by atoms with van der Waals surface area (Å²) in [5.74, 6) is 1.28. The van der Waals surface area contributed by atoms with E-state index < -0.39 is 9.84 Å². The fraction of sp³-hybridized carbons (Fsp3) is 0.600. The first-order valence-electron chi connectivity index (χ1n) is 7.38. The molecule has 0 saturated carbocycles. The third-order valence-electron chi connectivity index (χ3n) is 3.48. The van der Waals surface area contributed by atoms with Gasteiger partial charge >= 0.3 is 0 Å². The molecule has 0 radical (unpaired) electrons. The van der Waals surface area contributed by atoms with E-state index in [1.807, 2.05) is 6.92 Å². The lowest BCUT2D eigenvalue weighted by molar-refractivity contribution is 0.171. The van der Waals surface area contributed by atoms with Gasteiger partial charge in [-0.05, 0) is 38.4 Å². The van der Waals surface area contributed by atoms with Gasteiger partial charge in [0.1, 0.15) is 13.2 Å². The molecule has 1 unspecified atom stereocenters. The van der Waals surface area contributed by atoms with Gasteiger partial charge < -0.3 is 14.8 Å². The minimum absolute atomic E-state index is 0.155. The molecule has 1 N–H and O–H groups in total. The van der Waals surface area contributed by atoms with Crippen molar-refractivity contribution in [2.75, 3.05) is 25.5 Å². The van der Waals surface area contributed by atoms with Crippen LogP contribution in [0.15, 0.2) is 23.1 Å². The Morgan fingerprint density at radius 1 is 1.24 bits per heavy atom. The Morgan fingerprint density at radius 2 is 1.95 bits per heavy atom. The summed E-state index contributed by atoms with van der Waals surface area (Å²) in [5.41, 5.74) is 0. The Kier molecular flexibility index (Phi) is 5.47. The SMILES string of the molecule is CCNC(C)CCCS(=O)(=O)c1ccc2c(c1)OCCO2. The second-order valence-corrected chi connectivity index (χ2v) is 7.33. The van der Waals surface area contributed by atoms with Gasteiger partial charge in [-0.25, -0.2) is 8.42 Å². The minimum atomic E-state index is -3.27. The second-order valence-electron chi connectivity index (χ2n) is 5.23.